The molecule has 2 N–H and O–H groups in total. The average molecular weight is 464 g/mol. The zero-order valence-electron chi connectivity index (χ0n) is 15.3. The van der Waals surface area contributed by atoms with Crippen LogP contribution in [-0.4, -0.2) is 50.2 Å². The van der Waals surface area contributed by atoms with Crippen LogP contribution < -0.4 is 15.4 Å². The Bertz CT molecular complexity index is 556. The number of likely N-dealkylation sites (tertiary alicyclic amines) is 1. The lowest BCUT2D eigenvalue weighted by Gasteiger charge is -2.24. The highest BCUT2D eigenvalue weighted by atomic mass is 127. The predicted octanol–water partition coefficient (Wildman–Crippen LogP) is 2.99. The van der Waals surface area contributed by atoms with E-state index >= 15 is 0 Å². The van der Waals surface area contributed by atoms with Gasteiger partial charge in [0.15, 0.2) is 17.5 Å². The van der Waals surface area contributed by atoms with Crippen LogP contribution in [0.4, 0.5) is 4.39 Å². The van der Waals surface area contributed by atoms with Crippen LogP contribution in [0.15, 0.2) is 23.2 Å². The van der Waals surface area contributed by atoms with E-state index in [1.807, 2.05) is 13.0 Å². The minimum atomic E-state index is -0.354. The van der Waals surface area contributed by atoms with Crippen LogP contribution in [0.3, 0.4) is 0 Å². The van der Waals surface area contributed by atoms with Crippen LogP contribution in [-0.2, 0) is 6.54 Å². The third-order valence-corrected chi connectivity index (χ3v) is 4.39. The molecule has 1 heterocycles. The Balaban J connectivity index is 0.00000312. The molecule has 1 unspecified atom stereocenters. The lowest BCUT2D eigenvalue weighted by Crippen LogP contribution is -2.44. The maximum Gasteiger partial charge on any atom is 0.191 e. The van der Waals surface area contributed by atoms with Crippen molar-refractivity contribution in [1.29, 1.82) is 0 Å². The summed E-state index contributed by atoms with van der Waals surface area (Å²) in [4.78, 5) is 7.06. The quantitative estimate of drug-likeness (QED) is 0.370. The molecule has 1 fully saturated rings. The van der Waals surface area contributed by atoms with Crippen molar-refractivity contribution >= 4 is 29.9 Å². The van der Waals surface area contributed by atoms with Gasteiger partial charge in [-0.05, 0) is 50.6 Å². The number of halogens is 2. The second-order valence-electron chi connectivity index (χ2n) is 5.97. The lowest BCUT2D eigenvalue weighted by atomic mass is 10.2. The number of guanidine groups is 1. The van der Waals surface area contributed by atoms with Gasteiger partial charge in [-0.25, -0.2) is 9.38 Å². The fourth-order valence-corrected chi connectivity index (χ4v) is 3.08. The molecule has 0 spiro atoms. The molecule has 0 radical (unpaired) electrons. The summed E-state index contributed by atoms with van der Waals surface area (Å²) in [6, 6.07) is 5.52. The molecular formula is C18H30FIN4O. The molecule has 25 heavy (non-hydrogen) atoms. The number of rotatable bonds is 7. The van der Waals surface area contributed by atoms with Gasteiger partial charge >= 0.3 is 0 Å². The van der Waals surface area contributed by atoms with Crippen LogP contribution in [0.25, 0.3) is 0 Å². The van der Waals surface area contributed by atoms with Gasteiger partial charge in [0.2, 0.25) is 0 Å². The van der Waals surface area contributed by atoms with E-state index in [4.69, 9.17) is 4.74 Å². The first-order valence-corrected chi connectivity index (χ1v) is 8.76. The van der Waals surface area contributed by atoms with Crippen LogP contribution in [0, 0.1) is 5.82 Å². The summed E-state index contributed by atoms with van der Waals surface area (Å²) in [5.41, 5.74) is 0.821. The SMILES string of the molecule is CCNC(=NCc1ccc(OC)c(F)c1)NCC1CCCN1CC.I. The van der Waals surface area contributed by atoms with Gasteiger partial charge in [0.1, 0.15) is 0 Å². The summed E-state index contributed by atoms with van der Waals surface area (Å²) < 4.78 is 18.7. The van der Waals surface area contributed by atoms with Gasteiger partial charge in [-0.3, -0.25) is 4.90 Å². The summed E-state index contributed by atoms with van der Waals surface area (Å²) in [5, 5.41) is 6.66. The molecule has 1 atom stereocenters. The fraction of sp³-hybridized carbons (Fsp3) is 0.611. The Kier molecular flexibility index (Phi) is 10.1. The third-order valence-electron chi connectivity index (χ3n) is 4.39. The summed E-state index contributed by atoms with van der Waals surface area (Å²) in [6.07, 6.45) is 2.49. The van der Waals surface area contributed by atoms with E-state index < -0.39 is 0 Å². The monoisotopic (exact) mass is 464 g/mol. The van der Waals surface area contributed by atoms with Crippen molar-refractivity contribution in [2.75, 3.05) is 33.3 Å². The first-order chi connectivity index (χ1) is 11.7. The van der Waals surface area contributed by atoms with E-state index in [1.165, 1.54) is 32.6 Å². The summed E-state index contributed by atoms with van der Waals surface area (Å²) in [6.45, 7) is 8.63. The molecule has 0 amide bonds. The van der Waals surface area contributed by atoms with Gasteiger partial charge in [0.25, 0.3) is 0 Å². The van der Waals surface area contributed by atoms with Crippen molar-refractivity contribution in [2.24, 2.45) is 4.99 Å². The molecule has 0 bridgehead atoms. The molecule has 142 valence electrons. The molecule has 1 aliphatic rings. The molecule has 1 aromatic rings. The zero-order valence-corrected chi connectivity index (χ0v) is 17.7. The van der Waals surface area contributed by atoms with E-state index in [9.17, 15) is 4.39 Å². The van der Waals surface area contributed by atoms with Crippen LogP contribution in [0.1, 0.15) is 32.3 Å². The Morgan fingerprint density at radius 1 is 1.36 bits per heavy atom. The van der Waals surface area contributed by atoms with Gasteiger partial charge in [-0.1, -0.05) is 13.0 Å². The number of nitrogens with one attached hydrogen (secondary N) is 2. The zero-order chi connectivity index (χ0) is 17.4. The molecule has 1 saturated heterocycles. The number of ether oxygens (including phenoxy) is 1. The normalized spacial score (nSPS) is 17.9. The number of methoxy groups -OCH3 is 1. The second kappa shape index (κ2) is 11.5. The molecule has 1 aliphatic heterocycles. The first kappa shape index (κ1) is 22.0. The Morgan fingerprint density at radius 2 is 2.16 bits per heavy atom. The molecule has 0 aliphatic carbocycles. The lowest BCUT2D eigenvalue weighted by molar-refractivity contribution is 0.267. The van der Waals surface area contributed by atoms with Crippen LogP contribution in [0.2, 0.25) is 0 Å². The summed E-state index contributed by atoms with van der Waals surface area (Å²) in [5.74, 6) is 0.679. The van der Waals surface area contributed by atoms with Crippen molar-refractivity contribution in [3.63, 3.8) is 0 Å². The van der Waals surface area contributed by atoms with Gasteiger partial charge in [0, 0.05) is 19.1 Å². The van der Waals surface area contributed by atoms with Crippen molar-refractivity contribution in [2.45, 2.75) is 39.3 Å². The topological polar surface area (TPSA) is 48.9 Å². The standard InChI is InChI=1S/C18H29FN4O.HI/c1-4-20-18(22-13-15-7-6-10-23(15)5-2)21-12-14-8-9-17(24-3)16(19)11-14;/h8-9,11,15H,4-7,10,12-13H2,1-3H3,(H2,20,21,22);1H. The smallest absolute Gasteiger partial charge is 0.191 e. The van der Waals surface area contributed by atoms with Crippen molar-refractivity contribution in [3.05, 3.63) is 29.6 Å². The Morgan fingerprint density at radius 3 is 2.80 bits per heavy atom. The third kappa shape index (κ3) is 6.62. The molecule has 5 nitrogen and oxygen atoms in total. The highest BCUT2D eigenvalue weighted by Gasteiger charge is 2.22. The summed E-state index contributed by atoms with van der Waals surface area (Å²) >= 11 is 0. The summed E-state index contributed by atoms with van der Waals surface area (Å²) in [7, 11) is 1.46. The molecule has 1 aromatic carbocycles. The minimum absolute atomic E-state index is 0. The number of nitrogens with zero attached hydrogens (tertiary/aromatic N) is 2. The Labute approximate surface area is 167 Å². The number of hydrogen-bond acceptors (Lipinski definition) is 3. The number of likely N-dealkylation sites (N-methyl/N-ethyl adjacent to an activating group) is 1. The van der Waals surface area contributed by atoms with E-state index in [-0.39, 0.29) is 35.5 Å². The molecule has 0 aromatic heterocycles. The highest BCUT2D eigenvalue weighted by molar-refractivity contribution is 14.0. The number of benzene rings is 1. The van der Waals surface area contributed by atoms with Gasteiger partial charge in [0.05, 0.1) is 13.7 Å². The fourth-order valence-electron chi connectivity index (χ4n) is 3.08. The van der Waals surface area contributed by atoms with Gasteiger partial charge < -0.3 is 15.4 Å². The molecule has 7 heteroatoms. The Hall–Kier alpha value is -1.09. The average Bonchev–Trinajstić information content (AvgIpc) is 3.05. The predicted molar refractivity (Wildman–Crippen MR) is 111 cm³/mol. The first-order valence-electron chi connectivity index (χ1n) is 8.76. The maximum absolute atomic E-state index is 13.7. The second-order valence-corrected chi connectivity index (χ2v) is 5.97. The highest BCUT2D eigenvalue weighted by Crippen LogP contribution is 2.18. The van der Waals surface area contributed by atoms with E-state index in [2.05, 4.69) is 27.4 Å². The van der Waals surface area contributed by atoms with Crippen LogP contribution >= 0.6 is 24.0 Å². The van der Waals surface area contributed by atoms with Crippen molar-refractivity contribution < 1.29 is 9.13 Å². The van der Waals surface area contributed by atoms with E-state index in [0.29, 0.717) is 12.6 Å². The number of hydrogen-bond donors (Lipinski definition) is 2. The van der Waals surface area contributed by atoms with E-state index in [1.54, 1.807) is 6.07 Å². The van der Waals surface area contributed by atoms with Crippen molar-refractivity contribution in [3.8, 4) is 5.75 Å². The van der Waals surface area contributed by atoms with Crippen molar-refractivity contribution in [1.82, 2.24) is 15.5 Å². The number of aliphatic imine (C=N–C) groups is 1. The molecule has 0 saturated carbocycles. The van der Waals surface area contributed by atoms with Crippen LogP contribution in [0.5, 0.6) is 5.75 Å². The van der Waals surface area contributed by atoms with Gasteiger partial charge in [-0.2, -0.15) is 0 Å². The minimum Gasteiger partial charge on any atom is -0.494 e. The van der Waals surface area contributed by atoms with Gasteiger partial charge in [-0.15, -0.1) is 24.0 Å². The molecular weight excluding hydrogens is 434 g/mol. The maximum atomic E-state index is 13.7. The molecule has 2 rings (SSSR count). The largest absolute Gasteiger partial charge is 0.494 e. The van der Waals surface area contributed by atoms with E-state index in [0.717, 1.165) is 31.2 Å².